The minimum absolute atomic E-state index is 0.0327. The minimum atomic E-state index is -0.464. The third-order valence-corrected chi connectivity index (χ3v) is 7.44. The first kappa shape index (κ1) is 27.3. The summed E-state index contributed by atoms with van der Waals surface area (Å²) in [4.78, 5) is 2.39. The van der Waals surface area contributed by atoms with Crippen molar-refractivity contribution in [1.29, 1.82) is 0 Å². The van der Waals surface area contributed by atoms with Gasteiger partial charge in [0.1, 0.15) is 0 Å². The fourth-order valence-corrected chi connectivity index (χ4v) is 5.30. The highest BCUT2D eigenvalue weighted by atomic mass is 16.3. The number of unbranched alkanes of at least 4 members (excludes halogenated alkanes) is 13. The molecule has 32 heavy (non-hydrogen) atoms. The Labute approximate surface area is 199 Å². The van der Waals surface area contributed by atoms with Crippen molar-refractivity contribution >= 4 is 0 Å². The van der Waals surface area contributed by atoms with Gasteiger partial charge in [-0.1, -0.05) is 127 Å². The van der Waals surface area contributed by atoms with Gasteiger partial charge in [0.15, 0.2) is 0 Å². The molecule has 184 valence electrons. The molecule has 3 N–H and O–H groups in total. The lowest BCUT2D eigenvalue weighted by atomic mass is 9.87. The van der Waals surface area contributed by atoms with Gasteiger partial charge in [-0.15, -0.1) is 0 Å². The van der Waals surface area contributed by atoms with Crippen LogP contribution in [0.1, 0.15) is 128 Å². The lowest BCUT2D eigenvalue weighted by Gasteiger charge is -2.34. The topological polar surface area (TPSA) is 49.5 Å². The Morgan fingerprint density at radius 2 is 1.22 bits per heavy atom. The summed E-state index contributed by atoms with van der Waals surface area (Å²) in [7, 11) is 0. The van der Waals surface area contributed by atoms with Crippen LogP contribution < -0.4 is 5.73 Å². The van der Waals surface area contributed by atoms with Crippen molar-refractivity contribution in [3.8, 4) is 0 Å². The van der Waals surface area contributed by atoms with Crippen molar-refractivity contribution in [3.63, 3.8) is 0 Å². The standard InChI is InChI=1S/C29H52N2O/c1-2-3-4-5-6-7-8-9-10-11-12-13-14-18-23-27(29(30)31-24-19-20-25-31)28(32)26-21-16-15-17-22-26/h15-17,21-22,27-29,32H,2-14,18-20,23-25,30H2,1H3. The van der Waals surface area contributed by atoms with Crippen molar-refractivity contribution in [1.82, 2.24) is 4.90 Å². The van der Waals surface area contributed by atoms with Gasteiger partial charge in [-0.2, -0.15) is 0 Å². The average molecular weight is 445 g/mol. The van der Waals surface area contributed by atoms with Gasteiger partial charge in [0.05, 0.1) is 12.3 Å². The maximum Gasteiger partial charge on any atom is 0.0845 e. The first-order valence-corrected chi connectivity index (χ1v) is 14.0. The summed E-state index contributed by atoms with van der Waals surface area (Å²) < 4.78 is 0. The molecule has 0 radical (unpaired) electrons. The molecule has 1 heterocycles. The number of hydrogen-bond donors (Lipinski definition) is 2. The molecule has 1 fully saturated rings. The molecule has 0 amide bonds. The van der Waals surface area contributed by atoms with Crippen molar-refractivity contribution in [2.45, 2.75) is 128 Å². The number of likely N-dealkylation sites (tertiary alicyclic amines) is 1. The maximum absolute atomic E-state index is 11.1. The molecule has 3 heteroatoms. The zero-order valence-corrected chi connectivity index (χ0v) is 21.0. The molecule has 1 aliphatic heterocycles. The number of aliphatic hydroxyl groups is 1. The zero-order valence-electron chi connectivity index (χ0n) is 21.0. The normalized spacial score (nSPS) is 17.5. The second-order valence-electron chi connectivity index (χ2n) is 10.1. The van der Waals surface area contributed by atoms with Gasteiger partial charge in [0.25, 0.3) is 0 Å². The Morgan fingerprint density at radius 3 is 1.72 bits per heavy atom. The van der Waals surface area contributed by atoms with E-state index in [9.17, 15) is 5.11 Å². The second-order valence-corrected chi connectivity index (χ2v) is 10.1. The molecule has 3 nitrogen and oxygen atoms in total. The lowest BCUT2D eigenvalue weighted by Crippen LogP contribution is -2.47. The van der Waals surface area contributed by atoms with E-state index in [0.29, 0.717) is 0 Å². The predicted molar refractivity (Wildman–Crippen MR) is 139 cm³/mol. The molecule has 3 atom stereocenters. The van der Waals surface area contributed by atoms with Crippen LogP contribution in [0.5, 0.6) is 0 Å². The van der Waals surface area contributed by atoms with Gasteiger partial charge < -0.3 is 10.8 Å². The Bertz CT molecular complexity index is 543. The van der Waals surface area contributed by atoms with E-state index in [2.05, 4.69) is 11.8 Å². The lowest BCUT2D eigenvalue weighted by molar-refractivity contribution is 0.0394. The molecular formula is C29H52N2O. The van der Waals surface area contributed by atoms with Crippen LogP contribution in [-0.4, -0.2) is 29.3 Å². The van der Waals surface area contributed by atoms with E-state index in [-0.39, 0.29) is 12.1 Å². The first-order valence-electron chi connectivity index (χ1n) is 14.0. The summed E-state index contributed by atoms with van der Waals surface area (Å²) in [5.41, 5.74) is 7.69. The van der Waals surface area contributed by atoms with Gasteiger partial charge in [-0.25, -0.2) is 0 Å². The summed E-state index contributed by atoms with van der Waals surface area (Å²) in [6.45, 7) is 4.45. The maximum atomic E-state index is 11.1. The fraction of sp³-hybridized carbons (Fsp3) is 0.793. The summed E-state index contributed by atoms with van der Waals surface area (Å²) in [5.74, 6) is 0.118. The Balaban J connectivity index is 1.58. The quantitative estimate of drug-likeness (QED) is 0.216. The Kier molecular flexibility index (Phi) is 15.0. The molecule has 0 saturated carbocycles. The van der Waals surface area contributed by atoms with Gasteiger partial charge >= 0.3 is 0 Å². The third-order valence-electron chi connectivity index (χ3n) is 7.44. The van der Waals surface area contributed by atoms with Crippen LogP contribution >= 0.6 is 0 Å². The first-order chi connectivity index (χ1) is 15.7. The molecular weight excluding hydrogens is 392 g/mol. The van der Waals surface area contributed by atoms with Gasteiger partial charge in [-0.3, -0.25) is 4.90 Å². The van der Waals surface area contributed by atoms with Gasteiger partial charge in [0.2, 0.25) is 0 Å². The number of hydrogen-bond acceptors (Lipinski definition) is 3. The van der Waals surface area contributed by atoms with Crippen LogP contribution in [0.2, 0.25) is 0 Å². The zero-order chi connectivity index (χ0) is 22.9. The number of nitrogens with zero attached hydrogens (tertiary/aromatic N) is 1. The van der Waals surface area contributed by atoms with Crippen LogP contribution in [0.3, 0.4) is 0 Å². The minimum Gasteiger partial charge on any atom is -0.388 e. The Hall–Kier alpha value is -0.900. The largest absolute Gasteiger partial charge is 0.388 e. The van der Waals surface area contributed by atoms with Gasteiger partial charge in [0, 0.05) is 5.92 Å². The fourth-order valence-electron chi connectivity index (χ4n) is 5.30. The highest BCUT2D eigenvalue weighted by molar-refractivity contribution is 5.18. The molecule has 1 aliphatic rings. The van der Waals surface area contributed by atoms with E-state index < -0.39 is 6.10 Å². The van der Waals surface area contributed by atoms with Crippen molar-refractivity contribution < 1.29 is 5.11 Å². The highest BCUT2D eigenvalue weighted by Gasteiger charge is 2.31. The van der Waals surface area contributed by atoms with Crippen LogP contribution in [0.25, 0.3) is 0 Å². The number of aliphatic hydroxyl groups excluding tert-OH is 1. The predicted octanol–water partition coefficient (Wildman–Crippen LogP) is 7.59. The molecule has 1 aromatic carbocycles. The van der Waals surface area contributed by atoms with E-state index in [1.165, 1.54) is 103 Å². The molecule has 1 saturated heterocycles. The molecule has 1 aromatic rings. The van der Waals surface area contributed by atoms with Crippen molar-refractivity contribution in [2.24, 2.45) is 11.7 Å². The number of rotatable bonds is 19. The van der Waals surface area contributed by atoms with E-state index in [1.54, 1.807) is 0 Å². The van der Waals surface area contributed by atoms with E-state index in [0.717, 1.165) is 25.1 Å². The molecule has 0 aliphatic carbocycles. The second kappa shape index (κ2) is 17.6. The monoisotopic (exact) mass is 444 g/mol. The van der Waals surface area contributed by atoms with Crippen LogP contribution in [0.4, 0.5) is 0 Å². The number of benzene rings is 1. The SMILES string of the molecule is CCCCCCCCCCCCCCCCC(C(O)c1ccccc1)C(N)N1CCCC1. The van der Waals surface area contributed by atoms with E-state index in [4.69, 9.17) is 5.73 Å². The average Bonchev–Trinajstić information content (AvgIpc) is 3.37. The summed E-state index contributed by atoms with van der Waals surface area (Å²) in [6, 6.07) is 10.1. The van der Waals surface area contributed by atoms with Crippen LogP contribution in [0.15, 0.2) is 30.3 Å². The summed E-state index contributed by atoms with van der Waals surface area (Å²) in [6.07, 6.45) is 22.3. The molecule has 0 aromatic heterocycles. The summed E-state index contributed by atoms with van der Waals surface area (Å²) in [5, 5.41) is 11.1. The van der Waals surface area contributed by atoms with E-state index >= 15 is 0 Å². The van der Waals surface area contributed by atoms with Gasteiger partial charge in [-0.05, 0) is 37.9 Å². The molecule has 2 rings (SSSR count). The third kappa shape index (κ3) is 10.8. The molecule has 0 spiro atoms. The molecule has 0 bridgehead atoms. The highest BCUT2D eigenvalue weighted by Crippen LogP contribution is 2.31. The molecule has 3 unspecified atom stereocenters. The number of nitrogens with two attached hydrogens (primary N) is 1. The van der Waals surface area contributed by atoms with Crippen LogP contribution in [0, 0.1) is 5.92 Å². The van der Waals surface area contributed by atoms with E-state index in [1.807, 2.05) is 30.3 Å². The van der Waals surface area contributed by atoms with Crippen molar-refractivity contribution in [3.05, 3.63) is 35.9 Å². The Morgan fingerprint density at radius 1 is 0.750 bits per heavy atom. The van der Waals surface area contributed by atoms with Crippen LogP contribution in [-0.2, 0) is 0 Å². The smallest absolute Gasteiger partial charge is 0.0845 e. The summed E-state index contributed by atoms with van der Waals surface area (Å²) >= 11 is 0. The van der Waals surface area contributed by atoms with Crippen molar-refractivity contribution in [2.75, 3.05) is 13.1 Å².